The molecule has 1 saturated heterocycles. The molecule has 0 spiro atoms. The largest absolute Gasteiger partial charge is 0.495 e. The second-order valence-electron chi connectivity index (χ2n) is 7.02. The van der Waals surface area contributed by atoms with Gasteiger partial charge >= 0.3 is 0 Å². The second-order valence-corrected chi connectivity index (χ2v) is 8.00. The summed E-state index contributed by atoms with van der Waals surface area (Å²) in [5.41, 5.74) is 1.17. The van der Waals surface area contributed by atoms with Gasteiger partial charge in [0.05, 0.1) is 49.9 Å². The number of carbonyl (C=O) groups excluding carboxylic acids is 1. The number of hydrogen-bond donors (Lipinski definition) is 2. The molecule has 2 atom stereocenters. The molecule has 27 heavy (non-hydrogen) atoms. The Labute approximate surface area is 165 Å². The van der Waals surface area contributed by atoms with E-state index in [1.807, 2.05) is 19.1 Å². The SMILES string of the molecule is CCC(=O)N[C@H](C)[C@@H](c1cccs1)[NH+]1CCN(c2ccccc2OC)CC1. The van der Waals surface area contributed by atoms with Crippen LogP contribution in [0.1, 0.15) is 31.2 Å². The normalized spacial score (nSPS) is 17.4. The van der Waals surface area contributed by atoms with Gasteiger partial charge in [-0.2, -0.15) is 0 Å². The maximum absolute atomic E-state index is 11.9. The first-order valence-electron chi connectivity index (χ1n) is 9.69. The van der Waals surface area contributed by atoms with Crippen molar-refractivity contribution in [3.63, 3.8) is 0 Å². The summed E-state index contributed by atoms with van der Waals surface area (Å²) in [7, 11) is 1.73. The summed E-state index contributed by atoms with van der Waals surface area (Å²) in [6.45, 7) is 8.07. The topological polar surface area (TPSA) is 46.0 Å². The molecule has 2 heterocycles. The van der Waals surface area contributed by atoms with Crippen LogP contribution in [-0.4, -0.2) is 45.2 Å². The van der Waals surface area contributed by atoms with E-state index in [1.54, 1.807) is 18.4 Å². The third-order valence-corrected chi connectivity index (χ3v) is 6.29. The molecular formula is C21H30N3O2S+. The van der Waals surface area contributed by atoms with Gasteiger partial charge in [-0.3, -0.25) is 4.79 Å². The van der Waals surface area contributed by atoms with Crippen molar-refractivity contribution >= 4 is 22.9 Å². The first-order valence-corrected chi connectivity index (χ1v) is 10.6. The van der Waals surface area contributed by atoms with E-state index >= 15 is 0 Å². The van der Waals surface area contributed by atoms with Gasteiger partial charge in [0.25, 0.3) is 0 Å². The maximum Gasteiger partial charge on any atom is 0.220 e. The van der Waals surface area contributed by atoms with Crippen LogP contribution >= 0.6 is 11.3 Å². The van der Waals surface area contributed by atoms with Gasteiger partial charge in [-0.25, -0.2) is 0 Å². The molecule has 1 aromatic carbocycles. The Kier molecular flexibility index (Phi) is 6.74. The molecule has 146 valence electrons. The highest BCUT2D eigenvalue weighted by molar-refractivity contribution is 7.10. The van der Waals surface area contributed by atoms with Gasteiger partial charge in [0.2, 0.25) is 5.91 Å². The van der Waals surface area contributed by atoms with Crippen LogP contribution in [0.15, 0.2) is 41.8 Å². The van der Waals surface area contributed by atoms with E-state index < -0.39 is 0 Å². The molecule has 2 N–H and O–H groups in total. The zero-order valence-corrected chi connectivity index (χ0v) is 17.2. The van der Waals surface area contributed by atoms with Crippen LogP contribution < -0.4 is 19.9 Å². The number of nitrogens with one attached hydrogen (secondary N) is 2. The predicted octanol–water partition coefficient (Wildman–Crippen LogP) is 2.12. The zero-order valence-electron chi connectivity index (χ0n) is 16.4. The number of nitrogens with zero attached hydrogens (tertiary/aromatic N) is 1. The zero-order chi connectivity index (χ0) is 19.2. The molecular weight excluding hydrogens is 358 g/mol. The number of hydrogen-bond acceptors (Lipinski definition) is 4. The highest BCUT2D eigenvalue weighted by atomic mass is 32.1. The summed E-state index contributed by atoms with van der Waals surface area (Å²) in [5.74, 6) is 1.05. The first-order chi connectivity index (χ1) is 13.1. The van der Waals surface area contributed by atoms with Crippen LogP contribution in [0.4, 0.5) is 5.69 Å². The van der Waals surface area contributed by atoms with E-state index in [2.05, 4.69) is 46.8 Å². The predicted molar refractivity (Wildman–Crippen MR) is 111 cm³/mol. The van der Waals surface area contributed by atoms with Crippen molar-refractivity contribution in [1.29, 1.82) is 0 Å². The number of amides is 1. The second kappa shape index (κ2) is 9.24. The fraction of sp³-hybridized carbons (Fsp3) is 0.476. The maximum atomic E-state index is 11.9. The molecule has 1 amide bonds. The van der Waals surface area contributed by atoms with Crippen molar-refractivity contribution in [2.75, 3.05) is 38.2 Å². The molecule has 0 saturated carbocycles. The van der Waals surface area contributed by atoms with E-state index in [-0.39, 0.29) is 11.9 Å². The molecule has 5 nitrogen and oxygen atoms in total. The minimum absolute atomic E-state index is 0.115. The Bertz CT molecular complexity index is 727. The lowest BCUT2D eigenvalue weighted by Gasteiger charge is -2.39. The van der Waals surface area contributed by atoms with Gasteiger partial charge in [0.1, 0.15) is 11.8 Å². The Hall–Kier alpha value is -2.05. The number of ether oxygens (including phenoxy) is 1. The van der Waals surface area contributed by atoms with Gasteiger partial charge in [0, 0.05) is 6.42 Å². The lowest BCUT2D eigenvalue weighted by molar-refractivity contribution is -0.933. The molecule has 3 rings (SSSR count). The molecule has 0 aliphatic carbocycles. The minimum atomic E-state index is 0.115. The van der Waals surface area contributed by atoms with E-state index in [0.29, 0.717) is 12.5 Å². The summed E-state index contributed by atoms with van der Waals surface area (Å²) in [5, 5.41) is 5.32. The number of anilines is 1. The van der Waals surface area contributed by atoms with Gasteiger partial charge in [-0.05, 0) is 30.5 Å². The van der Waals surface area contributed by atoms with E-state index in [4.69, 9.17) is 4.74 Å². The lowest BCUT2D eigenvalue weighted by Crippen LogP contribution is -3.16. The van der Waals surface area contributed by atoms with Crippen LogP contribution in [0.2, 0.25) is 0 Å². The van der Waals surface area contributed by atoms with Crippen molar-refractivity contribution in [2.45, 2.75) is 32.4 Å². The van der Waals surface area contributed by atoms with Gasteiger partial charge in [-0.1, -0.05) is 25.1 Å². The Morgan fingerprint density at radius 1 is 1.26 bits per heavy atom. The fourth-order valence-corrected chi connectivity index (χ4v) is 4.93. The number of carbonyl (C=O) groups is 1. The van der Waals surface area contributed by atoms with Crippen molar-refractivity contribution in [1.82, 2.24) is 5.32 Å². The lowest BCUT2D eigenvalue weighted by atomic mass is 10.0. The smallest absolute Gasteiger partial charge is 0.220 e. The molecule has 1 fully saturated rings. The van der Waals surface area contributed by atoms with Gasteiger partial charge in [0.15, 0.2) is 0 Å². The quantitative estimate of drug-likeness (QED) is 0.764. The molecule has 1 aliphatic heterocycles. The summed E-state index contributed by atoms with van der Waals surface area (Å²) < 4.78 is 5.53. The number of para-hydroxylation sites is 2. The monoisotopic (exact) mass is 388 g/mol. The third-order valence-electron chi connectivity index (χ3n) is 5.33. The van der Waals surface area contributed by atoms with Crippen LogP contribution in [0, 0.1) is 0 Å². The number of thiophene rings is 1. The van der Waals surface area contributed by atoms with E-state index in [0.717, 1.165) is 31.9 Å². The molecule has 0 radical (unpaired) electrons. The van der Waals surface area contributed by atoms with Crippen molar-refractivity contribution in [2.24, 2.45) is 0 Å². The molecule has 6 heteroatoms. The van der Waals surface area contributed by atoms with Crippen molar-refractivity contribution in [3.8, 4) is 5.75 Å². The summed E-state index contributed by atoms with van der Waals surface area (Å²) in [6, 6.07) is 12.9. The summed E-state index contributed by atoms with van der Waals surface area (Å²) in [4.78, 5) is 17.2. The van der Waals surface area contributed by atoms with Crippen LogP contribution in [0.5, 0.6) is 5.75 Å². The Balaban J connectivity index is 1.72. The Morgan fingerprint density at radius 3 is 2.63 bits per heavy atom. The first kappa shape index (κ1) is 19.7. The van der Waals surface area contributed by atoms with E-state index in [1.165, 1.54) is 15.5 Å². The standard InChI is InChI=1S/C21H29N3O2S/c1-4-20(25)22-16(2)21(19-10-7-15-27-19)24-13-11-23(12-14-24)17-8-5-6-9-18(17)26-3/h5-10,15-16,21H,4,11-14H2,1-3H3,(H,22,25)/p+1/t16-,21+/m1/s1. The third kappa shape index (κ3) is 4.62. The molecule has 0 bridgehead atoms. The number of benzene rings is 1. The number of methoxy groups -OCH3 is 1. The molecule has 1 aromatic heterocycles. The molecule has 1 aliphatic rings. The number of piperazine rings is 1. The van der Waals surface area contributed by atoms with Gasteiger partial charge < -0.3 is 19.9 Å². The highest BCUT2D eigenvalue weighted by Gasteiger charge is 2.34. The summed E-state index contributed by atoms with van der Waals surface area (Å²) in [6.07, 6.45) is 0.526. The molecule has 2 aromatic rings. The number of rotatable bonds is 7. The average Bonchev–Trinajstić information content (AvgIpc) is 3.22. The number of quaternary nitrogens is 1. The van der Waals surface area contributed by atoms with Crippen LogP contribution in [0.3, 0.4) is 0 Å². The van der Waals surface area contributed by atoms with E-state index in [9.17, 15) is 4.79 Å². The average molecular weight is 389 g/mol. The van der Waals surface area contributed by atoms with Crippen LogP contribution in [0.25, 0.3) is 0 Å². The van der Waals surface area contributed by atoms with Crippen molar-refractivity contribution < 1.29 is 14.4 Å². The summed E-state index contributed by atoms with van der Waals surface area (Å²) >= 11 is 1.79. The molecule has 0 unspecified atom stereocenters. The van der Waals surface area contributed by atoms with Gasteiger partial charge in [-0.15, -0.1) is 11.3 Å². The van der Waals surface area contributed by atoms with Crippen molar-refractivity contribution in [3.05, 3.63) is 46.7 Å². The highest BCUT2D eigenvalue weighted by Crippen LogP contribution is 2.28. The Morgan fingerprint density at radius 2 is 2.00 bits per heavy atom. The van der Waals surface area contributed by atoms with Crippen LogP contribution in [-0.2, 0) is 4.79 Å². The minimum Gasteiger partial charge on any atom is -0.495 e. The fourth-order valence-electron chi connectivity index (χ4n) is 3.95.